The Morgan fingerprint density at radius 1 is 1.13 bits per heavy atom. The quantitative estimate of drug-likeness (QED) is 0.702. The van der Waals surface area contributed by atoms with Gasteiger partial charge in [-0.3, -0.25) is 9.59 Å². The van der Waals surface area contributed by atoms with Crippen LogP contribution in [-0.4, -0.2) is 47.5 Å². The van der Waals surface area contributed by atoms with Crippen molar-refractivity contribution in [3.63, 3.8) is 0 Å². The lowest BCUT2D eigenvalue weighted by Gasteiger charge is -2.33. The van der Waals surface area contributed by atoms with Crippen molar-refractivity contribution in [3.05, 3.63) is 30.3 Å². The molecule has 0 aromatic heterocycles. The summed E-state index contributed by atoms with van der Waals surface area (Å²) in [7, 11) is 0. The Morgan fingerprint density at radius 3 is 2.39 bits per heavy atom. The van der Waals surface area contributed by atoms with E-state index in [1.807, 2.05) is 30.3 Å². The first kappa shape index (κ1) is 22.6. The SMILES string of the molecule is C[C@@H](OC(=O)C1CCN(C(=O)Nc2ccccc2)CC1)C(=O)NC1(C#N)CCCCC1. The van der Waals surface area contributed by atoms with Crippen LogP contribution in [0.3, 0.4) is 0 Å². The van der Waals surface area contributed by atoms with Crippen LogP contribution in [0.2, 0.25) is 0 Å². The van der Waals surface area contributed by atoms with Crippen LogP contribution >= 0.6 is 0 Å². The third kappa shape index (κ3) is 5.97. The van der Waals surface area contributed by atoms with E-state index in [9.17, 15) is 19.6 Å². The molecule has 166 valence electrons. The van der Waals surface area contributed by atoms with Gasteiger partial charge in [0.15, 0.2) is 6.10 Å². The Balaban J connectivity index is 1.44. The second kappa shape index (κ2) is 10.3. The van der Waals surface area contributed by atoms with Crippen molar-refractivity contribution in [2.45, 2.75) is 63.5 Å². The van der Waals surface area contributed by atoms with Crippen molar-refractivity contribution in [1.82, 2.24) is 10.2 Å². The predicted molar refractivity (Wildman–Crippen MR) is 115 cm³/mol. The predicted octanol–water partition coefficient (Wildman–Crippen LogP) is 3.20. The summed E-state index contributed by atoms with van der Waals surface area (Å²) in [4.78, 5) is 39.1. The van der Waals surface area contributed by atoms with E-state index in [4.69, 9.17) is 4.74 Å². The van der Waals surface area contributed by atoms with Gasteiger partial charge < -0.3 is 20.3 Å². The average Bonchev–Trinajstić information content (AvgIpc) is 2.80. The maximum atomic E-state index is 12.5. The van der Waals surface area contributed by atoms with Crippen molar-refractivity contribution in [3.8, 4) is 6.07 Å². The molecule has 0 bridgehead atoms. The molecular weight excluding hydrogens is 396 g/mol. The molecule has 1 saturated carbocycles. The lowest BCUT2D eigenvalue weighted by molar-refractivity contribution is -0.160. The third-order valence-electron chi connectivity index (χ3n) is 6.09. The lowest BCUT2D eigenvalue weighted by atomic mass is 9.82. The zero-order chi connectivity index (χ0) is 22.3. The number of nitrogens with one attached hydrogen (secondary N) is 2. The molecule has 0 unspecified atom stereocenters. The van der Waals surface area contributed by atoms with Gasteiger partial charge in [0.2, 0.25) is 0 Å². The molecule has 8 nitrogen and oxygen atoms in total. The molecule has 31 heavy (non-hydrogen) atoms. The van der Waals surface area contributed by atoms with Crippen molar-refractivity contribution < 1.29 is 19.1 Å². The van der Waals surface area contributed by atoms with Gasteiger partial charge in [-0.1, -0.05) is 37.5 Å². The number of carbonyl (C=O) groups is 3. The average molecular weight is 427 g/mol. The first-order chi connectivity index (χ1) is 14.9. The van der Waals surface area contributed by atoms with E-state index < -0.39 is 23.5 Å². The standard InChI is InChI=1S/C23H30N4O4/c1-17(20(28)26-23(16-24)12-6-3-7-13-23)31-21(29)18-10-14-27(15-11-18)22(30)25-19-8-4-2-5-9-19/h2,4-5,8-9,17-18H,3,6-7,10-15H2,1H3,(H,25,30)(H,26,28)/t17-/m1/s1. The molecule has 1 aromatic rings. The first-order valence-electron chi connectivity index (χ1n) is 11.0. The van der Waals surface area contributed by atoms with E-state index in [2.05, 4.69) is 16.7 Å². The number of hydrogen-bond donors (Lipinski definition) is 2. The number of nitriles is 1. The van der Waals surface area contributed by atoms with Gasteiger partial charge in [-0.2, -0.15) is 5.26 Å². The number of esters is 1. The molecule has 1 aliphatic heterocycles. The van der Waals surface area contributed by atoms with Gasteiger partial charge in [0, 0.05) is 18.8 Å². The summed E-state index contributed by atoms with van der Waals surface area (Å²) in [5.74, 6) is -1.22. The number of ether oxygens (including phenoxy) is 1. The second-order valence-electron chi connectivity index (χ2n) is 8.38. The number of anilines is 1. The molecule has 3 rings (SSSR count). The molecule has 3 amide bonds. The minimum absolute atomic E-state index is 0.194. The topological polar surface area (TPSA) is 112 Å². The highest BCUT2D eigenvalue weighted by Crippen LogP contribution is 2.28. The van der Waals surface area contributed by atoms with Crippen LogP contribution in [0, 0.1) is 17.2 Å². The Kier molecular flexibility index (Phi) is 7.50. The molecule has 1 saturated heterocycles. The molecule has 8 heteroatoms. The van der Waals surface area contributed by atoms with Crippen molar-refractivity contribution >= 4 is 23.6 Å². The van der Waals surface area contributed by atoms with Crippen LogP contribution in [0.4, 0.5) is 10.5 Å². The van der Waals surface area contributed by atoms with E-state index in [1.54, 1.807) is 4.90 Å². The van der Waals surface area contributed by atoms with Crippen LogP contribution in [0.5, 0.6) is 0 Å². The number of urea groups is 1. The van der Waals surface area contributed by atoms with E-state index in [0.29, 0.717) is 38.8 Å². The van der Waals surface area contributed by atoms with Crippen molar-refractivity contribution in [2.24, 2.45) is 5.92 Å². The molecule has 2 N–H and O–H groups in total. The minimum atomic E-state index is -0.959. The summed E-state index contributed by atoms with van der Waals surface area (Å²) in [6.45, 7) is 2.41. The minimum Gasteiger partial charge on any atom is -0.452 e. The normalized spacial score (nSPS) is 19.5. The third-order valence-corrected chi connectivity index (χ3v) is 6.09. The fraction of sp³-hybridized carbons (Fsp3) is 0.565. The highest BCUT2D eigenvalue weighted by Gasteiger charge is 2.36. The van der Waals surface area contributed by atoms with Crippen LogP contribution in [-0.2, 0) is 14.3 Å². The number of amides is 3. The summed E-state index contributed by atoms with van der Waals surface area (Å²) in [6.07, 6.45) is 4.12. The second-order valence-corrected chi connectivity index (χ2v) is 8.38. The van der Waals surface area contributed by atoms with E-state index >= 15 is 0 Å². The molecule has 1 aromatic carbocycles. The van der Waals surface area contributed by atoms with Crippen molar-refractivity contribution in [1.29, 1.82) is 5.26 Å². The molecule has 2 fully saturated rings. The monoisotopic (exact) mass is 426 g/mol. The van der Waals surface area contributed by atoms with Gasteiger partial charge in [-0.15, -0.1) is 0 Å². The number of hydrogen-bond acceptors (Lipinski definition) is 5. The highest BCUT2D eigenvalue weighted by atomic mass is 16.5. The molecule has 0 spiro atoms. The van der Waals surface area contributed by atoms with Gasteiger partial charge in [0.05, 0.1) is 12.0 Å². The number of para-hydroxylation sites is 1. The number of piperidine rings is 1. The first-order valence-corrected chi connectivity index (χ1v) is 11.0. The Bertz CT molecular complexity index is 822. The fourth-order valence-electron chi connectivity index (χ4n) is 4.12. The van der Waals surface area contributed by atoms with E-state index in [-0.39, 0.29) is 11.9 Å². The van der Waals surface area contributed by atoms with Gasteiger partial charge in [0.1, 0.15) is 5.54 Å². The molecule has 0 radical (unpaired) electrons. The smallest absolute Gasteiger partial charge is 0.321 e. The maximum absolute atomic E-state index is 12.5. The number of nitrogens with zero attached hydrogens (tertiary/aromatic N) is 2. The van der Waals surface area contributed by atoms with Crippen LogP contribution < -0.4 is 10.6 Å². The summed E-state index contributed by atoms with van der Waals surface area (Å²) >= 11 is 0. The maximum Gasteiger partial charge on any atom is 0.321 e. The Morgan fingerprint density at radius 2 is 1.77 bits per heavy atom. The summed E-state index contributed by atoms with van der Waals surface area (Å²) < 4.78 is 5.39. The molecule has 1 atom stereocenters. The van der Waals surface area contributed by atoms with Crippen LogP contribution in [0.25, 0.3) is 0 Å². The highest BCUT2D eigenvalue weighted by molar-refractivity contribution is 5.89. The molecule has 1 aliphatic carbocycles. The number of likely N-dealkylation sites (tertiary alicyclic amines) is 1. The Hall–Kier alpha value is -3.08. The largest absolute Gasteiger partial charge is 0.452 e. The lowest BCUT2D eigenvalue weighted by Crippen LogP contribution is -2.52. The number of rotatable bonds is 5. The summed E-state index contributed by atoms with van der Waals surface area (Å²) in [5.41, 5.74) is -0.130. The van der Waals surface area contributed by atoms with Crippen LogP contribution in [0.1, 0.15) is 51.9 Å². The van der Waals surface area contributed by atoms with E-state index in [1.165, 1.54) is 6.92 Å². The number of carbonyl (C=O) groups excluding carboxylic acids is 3. The zero-order valence-corrected chi connectivity index (χ0v) is 17.9. The van der Waals surface area contributed by atoms with Gasteiger partial charge in [-0.25, -0.2) is 4.79 Å². The summed E-state index contributed by atoms with van der Waals surface area (Å²) in [5, 5.41) is 15.1. The van der Waals surface area contributed by atoms with Gasteiger partial charge in [0.25, 0.3) is 5.91 Å². The molecule has 2 aliphatic rings. The Labute approximate surface area is 182 Å². The molecule has 1 heterocycles. The fourth-order valence-corrected chi connectivity index (χ4v) is 4.12. The zero-order valence-electron chi connectivity index (χ0n) is 17.9. The molecular formula is C23H30N4O4. The summed E-state index contributed by atoms with van der Waals surface area (Å²) in [6, 6.07) is 11.3. The van der Waals surface area contributed by atoms with Crippen LogP contribution in [0.15, 0.2) is 30.3 Å². The van der Waals surface area contributed by atoms with Crippen molar-refractivity contribution in [2.75, 3.05) is 18.4 Å². The van der Waals surface area contributed by atoms with Gasteiger partial charge in [-0.05, 0) is 44.7 Å². The van der Waals surface area contributed by atoms with Gasteiger partial charge >= 0.3 is 12.0 Å². The number of benzene rings is 1. The van der Waals surface area contributed by atoms with E-state index in [0.717, 1.165) is 24.9 Å².